The van der Waals surface area contributed by atoms with Crippen LogP contribution >= 0.6 is 0 Å². The average molecular weight is 342 g/mol. The quantitative estimate of drug-likeness (QED) is 0.922. The first-order valence-corrected chi connectivity index (χ1v) is 8.93. The zero-order valence-corrected chi connectivity index (χ0v) is 15.1. The van der Waals surface area contributed by atoms with Crippen molar-refractivity contribution in [3.8, 4) is 0 Å². The standard InChI is InChI=1S/C18H26N6O/c1-4-12(2)24-13(3)15(10-21-24)17(25)23-9-5-6-14(11-23)16-7-8-20-18(19)22-16/h7-8,10,12,14H,4-6,9,11H2,1-3H3,(H2,19,20,22). The van der Waals surface area contributed by atoms with E-state index < -0.39 is 0 Å². The van der Waals surface area contributed by atoms with Gasteiger partial charge in [0.05, 0.1) is 17.5 Å². The van der Waals surface area contributed by atoms with E-state index in [0.29, 0.717) is 18.2 Å². The number of amides is 1. The Kier molecular flexibility index (Phi) is 5.01. The Morgan fingerprint density at radius 3 is 3.00 bits per heavy atom. The van der Waals surface area contributed by atoms with Gasteiger partial charge in [-0.3, -0.25) is 9.48 Å². The van der Waals surface area contributed by atoms with Crippen LogP contribution in [0.5, 0.6) is 0 Å². The summed E-state index contributed by atoms with van der Waals surface area (Å²) in [5.41, 5.74) is 8.25. The van der Waals surface area contributed by atoms with E-state index in [4.69, 9.17) is 5.73 Å². The first kappa shape index (κ1) is 17.4. The molecular formula is C18H26N6O. The van der Waals surface area contributed by atoms with Gasteiger partial charge in [-0.2, -0.15) is 5.10 Å². The number of carbonyl (C=O) groups is 1. The molecule has 1 aliphatic rings. The van der Waals surface area contributed by atoms with Crippen molar-refractivity contribution in [2.75, 3.05) is 18.8 Å². The summed E-state index contributed by atoms with van der Waals surface area (Å²) in [7, 11) is 0. The Bertz CT molecular complexity index is 756. The van der Waals surface area contributed by atoms with Crippen molar-refractivity contribution in [2.45, 2.75) is 52.0 Å². The third-order valence-electron chi connectivity index (χ3n) is 5.11. The number of likely N-dealkylation sites (tertiary alicyclic amines) is 1. The molecule has 1 amide bonds. The van der Waals surface area contributed by atoms with Gasteiger partial charge in [0.15, 0.2) is 0 Å². The van der Waals surface area contributed by atoms with Crippen molar-refractivity contribution in [1.82, 2.24) is 24.6 Å². The highest BCUT2D eigenvalue weighted by molar-refractivity contribution is 5.95. The molecule has 7 heteroatoms. The van der Waals surface area contributed by atoms with Gasteiger partial charge in [-0.15, -0.1) is 0 Å². The van der Waals surface area contributed by atoms with Crippen LogP contribution in [-0.2, 0) is 0 Å². The topological polar surface area (TPSA) is 89.9 Å². The predicted octanol–water partition coefficient (Wildman–Crippen LogP) is 2.55. The molecule has 0 saturated carbocycles. The monoisotopic (exact) mass is 342 g/mol. The number of carbonyl (C=O) groups excluding carboxylic acids is 1. The zero-order chi connectivity index (χ0) is 18.0. The summed E-state index contributed by atoms with van der Waals surface area (Å²) >= 11 is 0. The number of piperidine rings is 1. The van der Waals surface area contributed by atoms with Gasteiger partial charge in [-0.05, 0) is 39.2 Å². The maximum atomic E-state index is 13.0. The molecule has 3 rings (SSSR count). The summed E-state index contributed by atoms with van der Waals surface area (Å²) in [5.74, 6) is 0.540. The van der Waals surface area contributed by atoms with Gasteiger partial charge in [0.2, 0.25) is 5.95 Å². The number of anilines is 1. The van der Waals surface area contributed by atoms with Crippen molar-refractivity contribution >= 4 is 11.9 Å². The third kappa shape index (κ3) is 3.50. The van der Waals surface area contributed by atoms with Crippen molar-refractivity contribution in [3.05, 3.63) is 35.4 Å². The van der Waals surface area contributed by atoms with E-state index in [-0.39, 0.29) is 17.8 Å². The molecule has 0 aromatic carbocycles. The summed E-state index contributed by atoms with van der Waals surface area (Å²) in [4.78, 5) is 23.2. The van der Waals surface area contributed by atoms with E-state index in [1.165, 1.54) is 0 Å². The smallest absolute Gasteiger partial charge is 0.257 e. The van der Waals surface area contributed by atoms with Crippen molar-refractivity contribution in [2.24, 2.45) is 0 Å². The van der Waals surface area contributed by atoms with Crippen LogP contribution in [0.2, 0.25) is 0 Å². The first-order valence-electron chi connectivity index (χ1n) is 8.93. The van der Waals surface area contributed by atoms with E-state index in [2.05, 4.69) is 28.9 Å². The molecule has 2 N–H and O–H groups in total. The van der Waals surface area contributed by atoms with E-state index in [1.54, 1.807) is 12.4 Å². The minimum absolute atomic E-state index is 0.0544. The molecule has 1 saturated heterocycles. The number of nitrogen functional groups attached to an aromatic ring is 1. The number of aromatic nitrogens is 4. The van der Waals surface area contributed by atoms with Crippen LogP contribution in [0.25, 0.3) is 0 Å². The van der Waals surface area contributed by atoms with Crippen molar-refractivity contribution in [1.29, 1.82) is 0 Å². The second-order valence-corrected chi connectivity index (χ2v) is 6.78. The van der Waals surface area contributed by atoms with Crippen molar-refractivity contribution < 1.29 is 4.79 Å². The lowest BCUT2D eigenvalue weighted by molar-refractivity contribution is 0.0705. The van der Waals surface area contributed by atoms with Gasteiger partial charge >= 0.3 is 0 Å². The molecule has 0 radical (unpaired) electrons. The van der Waals surface area contributed by atoms with E-state index in [0.717, 1.165) is 37.2 Å². The van der Waals surface area contributed by atoms with Gasteiger partial charge in [0.25, 0.3) is 5.91 Å². The normalized spacial score (nSPS) is 19.0. The Hall–Kier alpha value is -2.44. The van der Waals surface area contributed by atoms with Crippen LogP contribution in [0.1, 0.15) is 66.8 Å². The van der Waals surface area contributed by atoms with Crippen LogP contribution in [-0.4, -0.2) is 43.6 Å². The van der Waals surface area contributed by atoms with Crippen LogP contribution < -0.4 is 5.73 Å². The van der Waals surface area contributed by atoms with Gasteiger partial charge in [0.1, 0.15) is 0 Å². The van der Waals surface area contributed by atoms with Crippen LogP contribution in [0.4, 0.5) is 5.95 Å². The molecular weight excluding hydrogens is 316 g/mol. The van der Waals surface area contributed by atoms with Crippen LogP contribution in [0.15, 0.2) is 18.5 Å². The van der Waals surface area contributed by atoms with Crippen LogP contribution in [0.3, 0.4) is 0 Å². The number of nitrogens with zero attached hydrogens (tertiary/aromatic N) is 5. The predicted molar refractivity (Wildman–Crippen MR) is 96.3 cm³/mol. The van der Waals surface area contributed by atoms with E-state index in [1.807, 2.05) is 22.6 Å². The molecule has 1 aliphatic heterocycles. The highest BCUT2D eigenvalue weighted by Gasteiger charge is 2.28. The fraction of sp³-hybridized carbons (Fsp3) is 0.556. The van der Waals surface area contributed by atoms with Crippen molar-refractivity contribution in [3.63, 3.8) is 0 Å². The molecule has 2 atom stereocenters. The molecule has 7 nitrogen and oxygen atoms in total. The molecule has 134 valence electrons. The molecule has 0 bridgehead atoms. The molecule has 3 heterocycles. The minimum Gasteiger partial charge on any atom is -0.368 e. The average Bonchev–Trinajstić information content (AvgIpc) is 3.02. The number of hydrogen-bond donors (Lipinski definition) is 1. The molecule has 2 aromatic rings. The SMILES string of the molecule is CCC(C)n1ncc(C(=O)N2CCCC(c3ccnc(N)n3)C2)c1C. The summed E-state index contributed by atoms with van der Waals surface area (Å²) in [6.45, 7) is 7.63. The lowest BCUT2D eigenvalue weighted by atomic mass is 9.94. The molecule has 0 spiro atoms. The highest BCUT2D eigenvalue weighted by atomic mass is 16.2. The fourth-order valence-corrected chi connectivity index (χ4v) is 3.44. The third-order valence-corrected chi connectivity index (χ3v) is 5.11. The van der Waals surface area contributed by atoms with Gasteiger partial charge < -0.3 is 10.6 Å². The summed E-state index contributed by atoms with van der Waals surface area (Å²) in [5, 5.41) is 4.42. The van der Waals surface area contributed by atoms with Crippen LogP contribution in [0, 0.1) is 6.92 Å². The van der Waals surface area contributed by atoms with Gasteiger partial charge in [-0.1, -0.05) is 6.92 Å². The fourth-order valence-electron chi connectivity index (χ4n) is 3.44. The number of hydrogen-bond acceptors (Lipinski definition) is 5. The molecule has 2 aromatic heterocycles. The minimum atomic E-state index is 0.0544. The van der Waals surface area contributed by atoms with Gasteiger partial charge in [0, 0.05) is 36.9 Å². The summed E-state index contributed by atoms with van der Waals surface area (Å²) in [6.07, 6.45) is 6.33. The second kappa shape index (κ2) is 7.21. The zero-order valence-electron chi connectivity index (χ0n) is 15.1. The molecule has 1 fully saturated rings. The Morgan fingerprint density at radius 1 is 1.48 bits per heavy atom. The largest absolute Gasteiger partial charge is 0.368 e. The lowest BCUT2D eigenvalue weighted by Crippen LogP contribution is -2.39. The Labute approximate surface area is 148 Å². The first-order chi connectivity index (χ1) is 12.0. The lowest BCUT2D eigenvalue weighted by Gasteiger charge is -2.32. The second-order valence-electron chi connectivity index (χ2n) is 6.78. The summed E-state index contributed by atoms with van der Waals surface area (Å²) in [6, 6.07) is 2.18. The highest BCUT2D eigenvalue weighted by Crippen LogP contribution is 2.27. The summed E-state index contributed by atoms with van der Waals surface area (Å²) < 4.78 is 1.94. The molecule has 2 unspecified atom stereocenters. The number of rotatable bonds is 4. The molecule has 0 aliphatic carbocycles. The maximum Gasteiger partial charge on any atom is 0.257 e. The number of nitrogens with two attached hydrogens (primary N) is 1. The van der Waals surface area contributed by atoms with Gasteiger partial charge in [-0.25, -0.2) is 9.97 Å². The maximum absolute atomic E-state index is 13.0. The van der Waals surface area contributed by atoms with E-state index >= 15 is 0 Å². The Morgan fingerprint density at radius 2 is 2.28 bits per heavy atom. The Balaban J connectivity index is 1.77. The van der Waals surface area contributed by atoms with E-state index in [9.17, 15) is 4.79 Å². The molecule has 25 heavy (non-hydrogen) atoms.